The van der Waals surface area contributed by atoms with Crippen molar-refractivity contribution >= 4 is 33.3 Å². The van der Waals surface area contributed by atoms with Gasteiger partial charge in [-0.1, -0.05) is 6.58 Å². The van der Waals surface area contributed by atoms with Gasteiger partial charge in [-0.2, -0.15) is 0 Å². The Morgan fingerprint density at radius 3 is 2.38 bits per heavy atom. The number of rotatable bonds is 2. The molecule has 0 aromatic carbocycles. The van der Waals surface area contributed by atoms with E-state index in [1.807, 2.05) is 0 Å². The van der Waals surface area contributed by atoms with Crippen molar-refractivity contribution in [1.82, 2.24) is 9.80 Å². The van der Waals surface area contributed by atoms with Crippen molar-refractivity contribution in [3.05, 3.63) is 23.3 Å². The lowest BCUT2D eigenvalue weighted by molar-refractivity contribution is -0.167. The number of carbonyl (C=O) groups excluding carboxylic acids is 2. The molecule has 24 heavy (non-hydrogen) atoms. The fourth-order valence-electron chi connectivity index (χ4n) is 2.65. The number of ether oxygens (including phenoxy) is 1. The van der Waals surface area contributed by atoms with Crippen LogP contribution in [0.15, 0.2) is 23.3 Å². The summed E-state index contributed by atoms with van der Waals surface area (Å²) in [6, 6.07) is -1.20. The number of fused-ring (bicyclic) bond motifs is 1. The third-order valence-corrected chi connectivity index (χ3v) is 6.26. The summed E-state index contributed by atoms with van der Waals surface area (Å²) >= 11 is 5.92. The standard InChI is InChI=1S/C15H21ClN2O5S/c1-8-9(7-17(5)6)24(21,22)13-10(16)12(19)18(13)11(8)14(20)23-15(2,3)4/h7,10-11,13H,1H2,2-6H3/b9-7+/t10-,11?,13+/m0/s1. The Balaban J connectivity index is 2.53. The van der Waals surface area contributed by atoms with E-state index in [9.17, 15) is 18.0 Å². The van der Waals surface area contributed by atoms with E-state index in [2.05, 4.69) is 6.58 Å². The van der Waals surface area contributed by atoms with E-state index in [1.165, 1.54) is 11.1 Å². The Kier molecular flexibility index (Phi) is 4.52. The molecule has 134 valence electrons. The van der Waals surface area contributed by atoms with Gasteiger partial charge in [-0.25, -0.2) is 13.2 Å². The first kappa shape index (κ1) is 18.8. The molecule has 0 radical (unpaired) electrons. The zero-order valence-electron chi connectivity index (χ0n) is 14.2. The van der Waals surface area contributed by atoms with Gasteiger partial charge in [0, 0.05) is 20.3 Å². The molecule has 0 aromatic rings. The molecule has 0 spiro atoms. The molecule has 0 N–H and O–H groups in total. The van der Waals surface area contributed by atoms with Crippen LogP contribution >= 0.6 is 11.6 Å². The molecule has 1 amide bonds. The van der Waals surface area contributed by atoms with Crippen LogP contribution in [-0.2, 0) is 24.2 Å². The number of alkyl halides is 1. The van der Waals surface area contributed by atoms with Gasteiger partial charge in [0.05, 0.1) is 4.91 Å². The molecule has 0 bridgehead atoms. The number of hydrogen-bond acceptors (Lipinski definition) is 6. The van der Waals surface area contributed by atoms with E-state index < -0.39 is 44.1 Å². The van der Waals surface area contributed by atoms with Gasteiger partial charge in [0.15, 0.2) is 11.4 Å². The van der Waals surface area contributed by atoms with Gasteiger partial charge in [-0.15, -0.1) is 11.6 Å². The maximum absolute atomic E-state index is 12.7. The molecule has 2 rings (SSSR count). The quantitative estimate of drug-likeness (QED) is 0.404. The predicted octanol–water partition coefficient (Wildman–Crippen LogP) is 0.860. The molecule has 3 atom stereocenters. The van der Waals surface area contributed by atoms with E-state index in [4.69, 9.17) is 16.3 Å². The second-order valence-corrected chi connectivity index (χ2v) is 9.48. The highest BCUT2D eigenvalue weighted by Crippen LogP contribution is 2.44. The molecule has 0 aliphatic carbocycles. The molecular weight excluding hydrogens is 356 g/mol. The lowest BCUT2D eigenvalue weighted by Gasteiger charge is -2.51. The van der Waals surface area contributed by atoms with Gasteiger partial charge in [0.2, 0.25) is 15.7 Å². The molecule has 9 heteroatoms. The minimum atomic E-state index is -3.92. The highest BCUT2D eigenvalue weighted by Gasteiger charge is 2.63. The van der Waals surface area contributed by atoms with E-state index in [0.717, 1.165) is 4.90 Å². The SMILES string of the molecule is C=C1/C(=C\N(C)C)S(=O)(=O)[C@@H]2[C@@H](Cl)C(=O)N2C1C(=O)OC(C)(C)C. The van der Waals surface area contributed by atoms with Crippen LogP contribution < -0.4 is 0 Å². The minimum Gasteiger partial charge on any atom is -0.458 e. The summed E-state index contributed by atoms with van der Waals surface area (Å²) in [5.74, 6) is -1.35. The number of sulfone groups is 1. The number of carbonyl (C=O) groups is 2. The van der Waals surface area contributed by atoms with Gasteiger partial charge in [0.1, 0.15) is 11.0 Å². The topological polar surface area (TPSA) is 84.0 Å². The smallest absolute Gasteiger partial charge is 0.334 e. The number of halogens is 1. The largest absolute Gasteiger partial charge is 0.458 e. The summed E-state index contributed by atoms with van der Waals surface area (Å²) in [6.45, 7) is 8.80. The van der Waals surface area contributed by atoms with Crippen molar-refractivity contribution in [1.29, 1.82) is 0 Å². The molecule has 2 aliphatic rings. The number of hydrogen-bond donors (Lipinski definition) is 0. The van der Waals surface area contributed by atoms with Crippen molar-refractivity contribution in [3.63, 3.8) is 0 Å². The van der Waals surface area contributed by atoms with Crippen molar-refractivity contribution < 1.29 is 22.7 Å². The average molecular weight is 377 g/mol. The van der Waals surface area contributed by atoms with Crippen LogP contribution in [0.3, 0.4) is 0 Å². The number of nitrogens with zero attached hydrogens (tertiary/aromatic N) is 2. The second-order valence-electron chi connectivity index (χ2n) is 7.00. The summed E-state index contributed by atoms with van der Waals surface area (Å²) in [6.07, 6.45) is 1.36. The third-order valence-electron chi connectivity index (χ3n) is 3.57. The first-order valence-corrected chi connectivity index (χ1v) is 9.27. The van der Waals surface area contributed by atoms with Crippen molar-refractivity contribution in [2.75, 3.05) is 14.1 Å². The molecule has 0 saturated carbocycles. The predicted molar refractivity (Wildman–Crippen MR) is 89.7 cm³/mol. The van der Waals surface area contributed by atoms with Crippen LogP contribution in [-0.4, -0.2) is 66.6 Å². The molecule has 2 heterocycles. The molecule has 1 unspecified atom stereocenters. The van der Waals surface area contributed by atoms with Crippen molar-refractivity contribution in [3.8, 4) is 0 Å². The van der Waals surface area contributed by atoms with E-state index >= 15 is 0 Å². The summed E-state index contributed by atoms with van der Waals surface area (Å²) in [7, 11) is -0.621. The highest BCUT2D eigenvalue weighted by molar-refractivity contribution is 7.96. The van der Waals surface area contributed by atoms with Gasteiger partial charge in [-0.05, 0) is 26.3 Å². The van der Waals surface area contributed by atoms with Crippen LogP contribution in [0.4, 0.5) is 0 Å². The summed E-state index contributed by atoms with van der Waals surface area (Å²) in [4.78, 5) is 27.0. The van der Waals surface area contributed by atoms with Crippen LogP contribution in [0.25, 0.3) is 0 Å². The molecule has 2 saturated heterocycles. The van der Waals surface area contributed by atoms with Crippen molar-refractivity contribution in [2.45, 2.75) is 43.2 Å². The summed E-state index contributed by atoms with van der Waals surface area (Å²) in [5, 5.41) is -2.51. The zero-order valence-corrected chi connectivity index (χ0v) is 15.8. The molecule has 2 fully saturated rings. The fraction of sp³-hybridized carbons (Fsp3) is 0.600. The summed E-state index contributed by atoms with van der Waals surface area (Å²) < 4.78 is 30.8. The van der Waals surface area contributed by atoms with Gasteiger partial charge in [-0.3, -0.25) is 4.79 Å². The van der Waals surface area contributed by atoms with Crippen LogP contribution in [0, 0.1) is 0 Å². The Morgan fingerprint density at radius 1 is 1.38 bits per heavy atom. The Hall–Kier alpha value is -1.54. The third kappa shape index (κ3) is 2.93. The average Bonchev–Trinajstić information content (AvgIpc) is 2.39. The minimum absolute atomic E-state index is 0.00566. The monoisotopic (exact) mass is 376 g/mol. The Bertz CT molecular complexity index is 735. The maximum atomic E-state index is 12.7. The fourth-order valence-corrected chi connectivity index (χ4v) is 5.34. The first-order chi connectivity index (χ1) is 10.8. The maximum Gasteiger partial charge on any atom is 0.334 e. The number of β-lactam (4-membered cyclic amide) rings is 1. The first-order valence-electron chi connectivity index (χ1n) is 7.29. The highest BCUT2D eigenvalue weighted by atomic mass is 35.5. The second kappa shape index (κ2) is 5.77. The Morgan fingerprint density at radius 2 is 1.92 bits per heavy atom. The van der Waals surface area contributed by atoms with Gasteiger partial charge >= 0.3 is 5.97 Å². The van der Waals surface area contributed by atoms with E-state index in [0.29, 0.717) is 0 Å². The Labute approximate surface area is 146 Å². The van der Waals surface area contributed by atoms with Gasteiger partial charge < -0.3 is 14.5 Å². The molecule has 7 nitrogen and oxygen atoms in total. The number of esters is 1. The lowest BCUT2D eigenvalue weighted by Crippen LogP contribution is -2.73. The van der Waals surface area contributed by atoms with E-state index in [1.54, 1.807) is 34.9 Å². The van der Waals surface area contributed by atoms with Crippen LogP contribution in [0.2, 0.25) is 0 Å². The van der Waals surface area contributed by atoms with E-state index in [-0.39, 0.29) is 10.5 Å². The van der Waals surface area contributed by atoms with Crippen molar-refractivity contribution in [2.24, 2.45) is 0 Å². The molecular formula is C15H21ClN2O5S. The number of amides is 1. The molecule has 2 aliphatic heterocycles. The lowest BCUT2D eigenvalue weighted by atomic mass is 10.00. The van der Waals surface area contributed by atoms with Crippen LogP contribution in [0.5, 0.6) is 0 Å². The normalized spacial score (nSPS) is 30.7. The summed E-state index contributed by atoms with van der Waals surface area (Å²) in [5.41, 5.74) is -0.783. The van der Waals surface area contributed by atoms with Gasteiger partial charge in [0.25, 0.3) is 0 Å². The zero-order chi connectivity index (χ0) is 18.6. The van der Waals surface area contributed by atoms with Crippen LogP contribution in [0.1, 0.15) is 20.8 Å². The molecule has 0 aromatic heterocycles.